The summed E-state index contributed by atoms with van der Waals surface area (Å²) in [6.07, 6.45) is 5.75. The minimum Gasteiger partial charge on any atom is -0.465 e. The summed E-state index contributed by atoms with van der Waals surface area (Å²) in [4.78, 5) is 70.3. The highest BCUT2D eigenvalue weighted by Crippen LogP contribution is 2.41. The van der Waals surface area contributed by atoms with Crippen molar-refractivity contribution in [2.75, 3.05) is 20.2 Å². The number of nitrogens with one attached hydrogen (secondary N) is 4. The zero-order valence-corrected chi connectivity index (χ0v) is 31.3. The number of amides is 4. The van der Waals surface area contributed by atoms with Crippen molar-refractivity contribution in [3.05, 3.63) is 71.6 Å². The summed E-state index contributed by atoms with van der Waals surface area (Å²) >= 11 is 0. The number of carbonyl (C=O) groups is 4. The van der Waals surface area contributed by atoms with Crippen molar-refractivity contribution in [2.45, 2.75) is 84.0 Å². The second-order valence-corrected chi connectivity index (χ2v) is 15.2. The Hall–Kier alpha value is -5.66. The Labute approximate surface area is 314 Å². The molecule has 2 saturated heterocycles. The predicted molar refractivity (Wildman–Crippen MR) is 201 cm³/mol. The fourth-order valence-corrected chi connectivity index (χ4v) is 8.18. The third-order valence-electron chi connectivity index (χ3n) is 11.0. The lowest BCUT2D eigenvalue weighted by molar-refractivity contribution is -0.136. The van der Waals surface area contributed by atoms with E-state index in [2.05, 4.69) is 62.0 Å². The first-order chi connectivity index (χ1) is 25.9. The summed E-state index contributed by atoms with van der Waals surface area (Å²) in [5.41, 5.74) is 8.53. The molecule has 1 aliphatic carbocycles. The van der Waals surface area contributed by atoms with E-state index in [-0.39, 0.29) is 35.7 Å². The van der Waals surface area contributed by atoms with Crippen LogP contribution in [-0.4, -0.2) is 91.1 Å². The lowest BCUT2D eigenvalue weighted by atomic mass is 10.0. The number of imidazole rings is 2. The summed E-state index contributed by atoms with van der Waals surface area (Å²) < 4.78 is 4.76. The van der Waals surface area contributed by atoms with E-state index in [9.17, 15) is 24.3 Å². The van der Waals surface area contributed by atoms with Gasteiger partial charge in [-0.1, -0.05) is 52.0 Å². The third-order valence-corrected chi connectivity index (χ3v) is 11.0. The van der Waals surface area contributed by atoms with Crippen LogP contribution in [0.15, 0.2) is 48.8 Å². The van der Waals surface area contributed by atoms with Gasteiger partial charge in [-0.2, -0.15) is 0 Å². The Morgan fingerprint density at radius 3 is 1.65 bits per heavy atom. The van der Waals surface area contributed by atoms with Crippen molar-refractivity contribution in [3.63, 3.8) is 0 Å². The molecule has 2 fully saturated rings. The zero-order valence-electron chi connectivity index (χ0n) is 31.3. The average Bonchev–Trinajstić information content (AvgIpc) is 4.00. The molecular formula is C40H48N8O6. The Morgan fingerprint density at radius 1 is 0.759 bits per heavy atom. The van der Waals surface area contributed by atoms with Gasteiger partial charge in [-0.3, -0.25) is 9.59 Å². The first-order valence-corrected chi connectivity index (χ1v) is 18.7. The molecule has 7 rings (SSSR count). The fourth-order valence-electron chi connectivity index (χ4n) is 8.18. The molecule has 3 aliphatic rings. The molecule has 4 amide bonds. The van der Waals surface area contributed by atoms with Crippen LogP contribution in [0.3, 0.4) is 0 Å². The van der Waals surface area contributed by atoms with E-state index in [1.165, 1.54) is 29.4 Å². The zero-order chi connectivity index (χ0) is 38.3. The minimum atomic E-state index is -1.21. The molecule has 4 unspecified atom stereocenters. The Kier molecular flexibility index (Phi) is 10.2. The van der Waals surface area contributed by atoms with Gasteiger partial charge in [0.25, 0.3) is 0 Å². The standard InChI is InChI=1S/C40H48N8O6/c1-21(2)33(45-39(51)52)37(49)47-14-6-8-31(47)35-41-19-29(43-35)23-10-12-27-25(16-23)18-26-17-24(11-13-28(26)27)30-20-42-36(44-30)32-9-7-15-48(32)38(50)34(22(3)4)46-40(53)54-5/h10-13,16-17,19-22,31-34,45H,6-9,14-15,18H2,1-5H3,(H,41,43)(H,42,44)(H,46,53)(H,51,52). The molecule has 14 nitrogen and oxygen atoms in total. The number of hydrogen-bond acceptors (Lipinski definition) is 7. The van der Waals surface area contributed by atoms with Gasteiger partial charge in [-0.15, -0.1) is 0 Å². The van der Waals surface area contributed by atoms with Gasteiger partial charge in [0.05, 0.1) is 43.0 Å². The summed E-state index contributed by atoms with van der Waals surface area (Å²) in [5.74, 6) is 0.760. The summed E-state index contributed by atoms with van der Waals surface area (Å²) in [6.45, 7) is 8.62. The molecule has 2 aromatic carbocycles. The first kappa shape index (κ1) is 36.7. The Balaban J connectivity index is 1.05. The van der Waals surface area contributed by atoms with Crippen LogP contribution in [0.4, 0.5) is 9.59 Å². The van der Waals surface area contributed by atoms with Crippen molar-refractivity contribution in [2.24, 2.45) is 11.8 Å². The number of hydrogen-bond donors (Lipinski definition) is 5. The van der Waals surface area contributed by atoms with E-state index < -0.39 is 24.3 Å². The summed E-state index contributed by atoms with van der Waals surface area (Å²) in [7, 11) is 1.29. The van der Waals surface area contributed by atoms with E-state index in [0.29, 0.717) is 18.9 Å². The van der Waals surface area contributed by atoms with Gasteiger partial charge in [-0.05, 0) is 89.5 Å². The molecule has 5 N–H and O–H groups in total. The van der Waals surface area contributed by atoms with Crippen LogP contribution in [0.5, 0.6) is 0 Å². The summed E-state index contributed by atoms with van der Waals surface area (Å²) in [6, 6.07) is 10.9. The SMILES string of the molecule is COC(=O)NC(C(=O)N1CCCC1c1ncc(-c2ccc3c(c2)Cc2cc(-c4cnc(C5CCCN5C(=O)C(NC(=O)O)C(C)C)[nH]4)ccc2-3)[nH]1)C(C)C. The molecule has 0 bridgehead atoms. The van der Waals surface area contributed by atoms with Gasteiger partial charge in [-0.25, -0.2) is 19.6 Å². The largest absolute Gasteiger partial charge is 0.465 e. The Bertz CT molecular complexity index is 2070. The third kappa shape index (κ3) is 7.04. The number of likely N-dealkylation sites (tertiary alicyclic amines) is 2. The number of benzene rings is 2. The van der Waals surface area contributed by atoms with Crippen LogP contribution < -0.4 is 10.6 Å². The number of rotatable bonds is 10. The van der Waals surface area contributed by atoms with E-state index in [1.807, 2.05) is 38.8 Å². The average molecular weight is 737 g/mol. The van der Waals surface area contributed by atoms with Gasteiger partial charge in [0.1, 0.15) is 23.7 Å². The number of fused-ring (bicyclic) bond motifs is 3. The molecule has 4 atom stereocenters. The quantitative estimate of drug-likeness (QED) is 0.115. The lowest BCUT2D eigenvalue weighted by Gasteiger charge is -2.30. The van der Waals surface area contributed by atoms with Crippen molar-refractivity contribution < 1.29 is 29.0 Å². The van der Waals surface area contributed by atoms with E-state index in [0.717, 1.165) is 60.4 Å². The molecule has 4 aromatic rings. The molecule has 284 valence electrons. The number of methoxy groups -OCH3 is 1. The molecule has 2 aromatic heterocycles. The molecule has 14 heteroatoms. The van der Waals surface area contributed by atoms with Gasteiger partial charge in [0.2, 0.25) is 11.8 Å². The highest BCUT2D eigenvalue weighted by atomic mass is 16.5. The second-order valence-electron chi connectivity index (χ2n) is 15.2. The van der Waals surface area contributed by atoms with Crippen molar-refractivity contribution in [3.8, 4) is 33.6 Å². The second kappa shape index (κ2) is 15.0. The molecule has 0 spiro atoms. The molecule has 2 aliphatic heterocycles. The van der Waals surface area contributed by atoms with Crippen molar-refractivity contribution in [1.82, 2.24) is 40.4 Å². The lowest BCUT2D eigenvalue weighted by Crippen LogP contribution is -2.51. The van der Waals surface area contributed by atoms with Crippen molar-refractivity contribution >= 4 is 24.0 Å². The summed E-state index contributed by atoms with van der Waals surface area (Å²) in [5, 5.41) is 14.4. The number of H-pyrrole nitrogens is 2. The number of aromatic nitrogens is 4. The molecule has 54 heavy (non-hydrogen) atoms. The van der Waals surface area contributed by atoms with E-state index in [4.69, 9.17) is 9.72 Å². The topological polar surface area (TPSA) is 186 Å². The maximum absolute atomic E-state index is 13.6. The maximum Gasteiger partial charge on any atom is 0.407 e. The first-order valence-electron chi connectivity index (χ1n) is 18.7. The molecule has 0 saturated carbocycles. The highest BCUT2D eigenvalue weighted by molar-refractivity contribution is 5.87. The normalized spacial score (nSPS) is 18.8. The van der Waals surface area contributed by atoms with Crippen LogP contribution in [0, 0.1) is 11.8 Å². The predicted octanol–water partition coefficient (Wildman–Crippen LogP) is 6.04. The fraction of sp³-hybridized carbons (Fsp3) is 0.450. The van der Waals surface area contributed by atoms with Gasteiger partial charge in [0, 0.05) is 13.1 Å². The van der Waals surface area contributed by atoms with Gasteiger partial charge >= 0.3 is 12.2 Å². The van der Waals surface area contributed by atoms with Gasteiger partial charge < -0.3 is 40.2 Å². The van der Waals surface area contributed by atoms with E-state index >= 15 is 0 Å². The highest BCUT2D eigenvalue weighted by Gasteiger charge is 2.39. The number of carbonyl (C=O) groups excluding carboxylic acids is 3. The molecular weight excluding hydrogens is 688 g/mol. The Morgan fingerprint density at radius 2 is 1.22 bits per heavy atom. The monoisotopic (exact) mass is 736 g/mol. The molecule has 4 heterocycles. The number of aromatic amines is 2. The van der Waals surface area contributed by atoms with Gasteiger partial charge in [0.15, 0.2) is 0 Å². The number of ether oxygens (including phenoxy) is 1. The van der Waals surface area contributed by atoms with Crippen LogP contribution in [0.2, 0.25) is 0 Å². The maximum atomic E-state index is 13.6. The molecule has 0 radical (unpaired) electrons. The van der Waals surface area contributed by atoms with Crippen LogP contribution in [-0.2, 0) is 20.7 Å². The number of carboxylic acid groups (broad SMARTS) is 1. The van der Waals surface area contributed by atoms with Crippen LogP contribution >= 0.6 is 0 Å². The van der Waals surface area contributed by atoms with Crippen molar-refractivity contribution in [1.29, 1.82) is 0 Å². The number of alkyl carbamates (subject to hydrolysis) is 1. The van der Waals surface area contributed by atoms with Crippen LogP contribution in [0.25, 0.3) is 33.6 Å². The number of nitrogens with zero attached hydrogens (tertiary/aromatic N) is 4. The van der Waals surface area contributed by atoms with Crippen LogP contribution in [0.1, 0.15) is 88.2 Å². The minimum absolute atomic E-state index is 0.109. The van der Waals surface area contributed by atoms with E-state index in [1.54, 1.807) is 11.1 Å². The smallest absolute Gasteiger partial charge is 0.407 e.